The lowest BCUT2D eigenvalue weighted by molar-refractivity contribution is 0.351. The van der Waals surface area contributed by atoms with Crippen LogP contribution in [0.5, 0.6) is 6.01 Å². The number of hydrazine groups is 1. The van der Waals surface area contributed by atoms with E-state index in [1.54, 1.807) is 0 Å². The summed E-state index contributed by atoms with van der Waals surface area (Å²) in [5.74, 6) is 7.85. The number of ether oxygens (including phenoxy) is 1. The SMILES string of the molecule is COc1nc(NN)nc(N2CCCC(C(C)C)CC2)n1. The maximum Gasteiger partial charge on any atom is 0.322 e. The van der Waals surface area contributed by atoms with Crippen LogP contribution in [0.4, 0.5) is 11.9 Å². The molecular formula is C13H24N6O. The van der Waals surface area contributed by atoms with E-state index < -0.39 is 0 Å². The zero-order valence-electron chi connectivity index (χ0n) is 12.5. The Labute approximate surface area is 119 Å². The molecule has 1 saturated heterocycles. The maximum atomic E-state index is 5.39. The van der Waals surface area contributed by atoms with E-state index in [-0.39, 0.29) is 6.01 Å². The molecule has 0 spiro atoms. The summed E-state index contributed by atoms with van der Waals surface area (Å²) in [5, 5.41) is 0. The van der Waals surface area contributed by atoms with Crippen LogP contribution >= 0.6 is 0 Å². The van der Waals surface area contributed by atoms with E-state index in [9.17, 15) is 0 Å². The van der Waals surface area contributed by atoms with Crippen LogP contribution < -0.4 is 20.9 Å². The van der Waals surface area contributed by atoms with Crippen LogP contribution in [0.1, 0.15) is 33.1 Å². The third-order valence-electron chi connectivity index (χ3n) is 3.91. The predicted octanol–water partition coefficient (Wildman–Crippen LogP) is 1.43. The Bertz CT molecular complexity index is 417. The third kappa shape index (κ3) is 3.47. The van der Waals surface area contributed by atoms with Gasteiger partial charge in [-0.25, -0.2) is 5.84 Å². The summed E-state index contributed by atoms with van der Waals surface area (Å²) in [7, 11) is 1.54. The topological polar surface area (TPSA) is 89.2 Å². The highest BCUT2D eigenvalue weighted by Crippen LogP contribution is 2.26. The molecule has 1 aromatic rings. The Morgan fingerprint density at radius 1 is 1.25 bits per heavy atom. The van der Waals surface area contributed by atoms with E-state index >= 15 is 0 Å². The van der Waals surface area contributed by atoms with Gasteiger partial charge in [-0.05, 0) is 31.1 Å². The van der Waals surface area contributed by atoms with Gasteiger partial charge in [-0.15, -0.1) is 0 Å². The lowest BCUT2D eigenvalue weighted by Gasteiger charge is -2.21. The summed E-state index contributed by atoms with van der Waals surface area (Å²) in [6.07, 6.45) is 3.58. The fraction of sp³-hybridized carbons (Fsp3) is 0.769. The number of aromatic nitrogens is 3. The first-order valence-electron chi connectivity index (χ1n) is 7.15. The predicted molar refractivity (Wildman–Crippen MR) is 78.6 cm³/mol. The highest BCUT2D eigenvalue weighted by Gasteiger charge is 2.21. The van der Waals surface area contributed by atoms with E-state index in [0.717, 1.165) is 37.8 Å². The fourth-order valence-electron chi connectivity index (χ4n) is 2.63. The first-order valence-corrected chi connectivity index (χ1v) is 7.15. The van der Waals surface area contributed by atoms with Crippen molar-refractivity contribution in [2.75, 3.05) is 30.5 Å². The molecule has 2 rings (SSSR count). The Morgan fingerprint density at radius 2 is 2.05 bits per heavy atom. The lowest BCUT2D eigenvalue weighted by atomic mass is 9.89. The van der Waals surface area contributed by atoms with Crippen LogP contribution in [0.3, 0.4) is 0 Å². The molecule has 0 bridgehead atoms. The van der Waals surface area contributed by atoms with Crippen molar-refractivity contribution >= 4 is 11.9 Å². The Morgan fingerprint density at radius 3 is 2.70 bits per heavy atom. The molecule has 0 amide bonds. The van der Waals surface area contributed by atoms with E-state index in [0.29, 0.717) is 11.9 Å². The van der Waals surface area contributed by atoms with Gasteiger partial charge in [0.15, 0.2) is 0 Å². The molecule has 1 fully saturated rings. The summed E-state index contributed by atoms with van der Waals surface area (Å²) in [4.78, 5) is 14.9. The average Bonchev–Trinajstić information content (AvgIpc) is 2.72. The van der Waals surface area contributed by atoms with Crippen LogP contribution in [0.25, 0.3) is 0 Å². The van der Waals surface area contributed by atoms with Crippen molar-refractivity contribution in [3.05, 3.63) is 0 Å². The van der Waals surface area contributed by atoms with Crippen molar-refractivity contribution in [2.45, 2.75) is 33.1 Å². The number of nitrogens with zero attached hydrogens (tertiary/aromatic N) is 4. The lowest BCUT2D eigenvalue weighted by Crippen LogP contribution is -2.27. The largest absolute Gasteiger partial charge is 0.467 e. The van der Waals surface area contributed by atoms with Crippen molar-refractivity contribution in [1.82, 2.24) is 15.0 Å². The first-order chi connectivity index (χ1) is 9.63. The van der Waals surface area contributed by atoms with Crippen LogP contribution in [0.15, 0.2) is 0 Å². The second-order valence-corrected chi connectivity index (χ2v) is 5.51. The quantitative estimate of drug-likeness (QED) is 0.637. The number of anilines is 2. The fourth-order valence-corrected chi connectivity index (χ4v) is 2.63. The van der Waals surface area contributed by atoms with E-state index in [4.69, 9.17) is 10.6 Å². The van der Waals surface area contributed by atoms with Gasteiger partial charge in [0.25, 0.3) is 0 Å². The Hall–Kier alpha value is -1.63. The molecule has 3 N–H and O–H groups in total. The highest BCUT2D eigenvalue weighted by molar-refractivity contribution is 5.37. The van der Waals surface area contributed by atoms with Gasteiger partial charge in [-0.2, -0.15) is 15.0 Å². The molecule has 0 saturated carbocycles. The van der Waals surface area contributed by atoms with Crippen molar-refractivity contribution in [2.24, 2.45) is 17.7 Å². The first kappa shape index (κ1) is 14.8. The second-order valence-electron chi connectivity index (χ2n) is 5.51. The van der Waals surface area contributed by atoms with Gasteiger partial charge in [-0.1, -0.05) is 13.8 Å². The zero-order valence-corrected chi connectivity index (χ0v) is 12.5. The van der Waals surface area contributed by atoms with Gasteiger partial charge in [0.1, 0.15) is 0 Å². The average molecular weight is 280 g/mol. The van der Waals surface area contributed by atoms with Crippen LogP contribution in [0, 0.1) is 11.8 Å². The number of nitrogens with two attached hydrogens (primary N) is 1. The van der Waals surface area contributed by atoms with Gasteiger partial charge in [0.2, 0.25) is 11.9 Å². The molecule has 7 nitrogen and oxygen atoms in total. The molecule has 112 valence electrons. The van der Waals surface area contributed by atoms with Gasteiger partial charge in [-0.3, -0.25) is 5.43 Å². The number of nitrogens with one attached hydrogen (secondary N) is 1. The molecule has 7 heteroatoms. The van der Waals surface area contributed by atoms with E-state index in [2.05, 4.69) is 39.1 Å². The molecule has 1 aromatic heterocycles. The zero-order chi connectivity index (χ0) is 14.5. The molecule has 1 atom stereocenters. The van der Waals surface area contributed by atoms with Crippen LogP contribution in [-0.2, 0) is 0 Å². The molecule has 0 aliphatic carbocycles. The van der Waals surface area contributed by atoms with Gasteiger partial charge in [0.05, 0.1) is 7.11 Å². The maximum absolute atomic E-state index is 5.39. The van der Waals surface area contributed by atoms with Gasteiger partial charge >= 0.3 is 6.01 Å². The molecule has 1 aliphatic rings. The van der Waals surface area contributed by atoms with Crippen molar-refractivity contribution in [3.8, 4) is 6.01 Å². The van der Waals surface area contributed by atoms with E-state index in [1.165, 1.54) is 13.5 Å². The minimum Gasteiger partial charge on any atom is -0.467 e. The van der Waals surface area contributed by atoms with Gasteiger partial charge < -0.3 is 9.64 Å². The van der Waals surface area contributed by atoms with Crippen molar-refractivity contribution in [1.29, 1.82) is 0 Å². The van der Waals surface area contributed by atoms with Crippen molar-refractivity contribution < 1.29 is 4.74 Å². The molecule has 0 aromatic carbocycles. The van der Waals surface area contributed by atoms with Crippen LogP contribution in [0.2, 0.25) is 0 Å². The summed E-state index contributed by atoms with van der Waals surface area (Å²) in [6.45, 7) is 6.51. The summed E-state index contributed by atoms with van der Waals surface area (Å²) in [6, 6.07) is 0.285. The third-order valence-corrected chi connectivity index (χ3v) is 3.91. The monoisotopic (exact) mass is 280 g/mol. The standard InChI is InChI=1S/C13H24N6O/c1-9(2)10-5-4-7-19(8-6-10)12-15-11(18-14)16-13(17-12)20-3/h9-10H,4-8,14H2,1-3H3,(H,15,16,17,18). The number of nitrogen functional groups attached to an aromatic ring is 1. The highest BCUT2D eigenvalue weighted by atomic mass is 16.5. The number of methoxy groups -OCH3 is 1. The second kappa shape index (κ2) is 6.69. The van der Waals surface area contributed by atoms with Gasteiger partial charge in [0, 0.05) is 13.1 Å². The molecule has 2 heterocycles. The Balaban J connectivity index is 2.14. The normalized spacial score (nSPS) is 19.9. The molecule has 20 heavy (non-hydrogen) atoms. The van der Waals surface area contributed by atoms with Crippen LogP contribution in [-0.4, -0.2) is 35.2 Å². The molecule has 1 unspecified atom stereocenters. The molecule has 0 radical (unpaired) electrons. The molecular weight excluding hydrogens is 256 g/mol. The summed E-state index contributed by atoms with van der Waals surface area (Å²) >= 11 is 0. The summed E-state index contributed by atoms with van der Waals surface area (Å²) < 4.78 is 5.09. The Kier molecular flexibility index (Phi) is 4.94. The van der Waals surface area contributed by atoms with E-state index in [1.807, 2.05) is 0 Å². The number of rotatable bonds is 4. The minimum absolute atomic E-state index is 0.285. The molecule has 1 aliphatic heterocycles. The minimum atomic E-state index is 0.285. The van der Waals surface area contributed by atoms with Crippen molar-refractivity contribution in [3.63, 3.8) is 0 Å². The number of hydrogen-bond acceptors (Lipinski definition) is 7. The smallest absolute Gasteiger partial charge is 0.322 e. The number of hydrogen-bond donors (Lipinski definition) is 2. The summed E-state index contributed by atoms with van der Waals surface area (Å²) in [5.41, 5.74) is 2.45.